The summed E-state index contributed by atoms with van der Waals surface area (Å²) in [4.78, 5) is 22.8. The lowest BCUT2D eigenvalue weighted by atomic mass is 10.2. The fraction of sp³-hybridized carbons (Fsp3) is 0.471. The number of alkyl halides is 3. The fourth-order valence-corrected chi connectivity index (χ4v) is 3.16. The lowest BCUT2D eigenvalue weighted by Gasteiger charge is -2.36. The van der Waals surface area contributed by atoms with E-state index in [4.69, 9.17) is 11.6 Å². The summed E-state index contributed by atoms with van der Waals surface area (Å²) >= 11 is 5.98. The average molecular weight is 431 g/mol. The van der Waals surface area contributed by atoms with Crippen LogP contribution >= 0.6 is 11.6 Å². The number of esters is 1. The second-order valence-electron chi connectivity index (χ2n) is 6.46. The molecule has 0 bridgehead atoms. The molecule has 1 aliphatic rings. The SMILES string of the molecule is COC(=O)c1cnc(N2CCN(c3nnc(Cl)c(C)c3C)CC2)nc1C(F)(F)F. The molecule has 2 aromatic rings. The number of methoxy groups -OCH3 is 1. The zero-order chi connectivity index (χ0) is 21.3. The number of halogens is 4. The van der Waals surface area contributed by atoms with E-state index in [1.807, 2.05) is 18.7 Å². The maximum Gasteiger partial charge on any atom is 0.434 e. The van der Waals surface area contributed by atoms with Crippen molar-refractivity contribution in [3.8, 4) is 0 Å². The maximum atomic E-state index is 13.3. The molecule has 0 amide bonds. The highest BCUT2D eigenvalue weighted by atomic mass is 35.5. The van der Waals surface area contributed by atoms with E-state index in [0.29, 0.717) is 37.1 Å². The van der Waals surface area contributed by atoms with E-state index in [9.17, 15) is 18.0 Å². The van der Waals surface area contributed by atoms with Gasteiger partial charge < -0.3 is 14.5 Å². The predicted molar refractivity (Wildman–Crippen MR) is 99.3 cm³/mol. The second kappa shape index (κ2) is 7.97. The van der Waals surface area contributed by atoms with E-state index in [0.717, 1.165) is 24.4 Å². The Balaban J connectivity index is 1.81. The van der Waals surface area contributed by atoms with Gasteiger partial charge in [-0.1, -0.05) is 11.6 Å². The third kappa shape index (κ3) is 4.19. The second-order valence-corrected chi connectivity index (χ2v) is 6.82. The third-order valence-corrected chi connectivity index (χ3v) is 5.11. The first kappa shape index (κ1) is 21.0. The number of ether oxygens (including phenoxy) is 1. The number of hydrogen-bond acceptors (Lipinski definition) is 8. The Hall–Kier alpha value is -2.69. The van der Waals surface area contributed by atoms with E-state index in [1.165, 1.54) is 0 Å². The molecule has 1 fully saturated rings. The van der Waals surface area contributed by atoms with Gasteiger partial charge in [-0.15, -0.1) is 10.2 Å². The number of nitrogens with zero attached hydrogens (tertiary/aromatic N) is 6. The monoisotopic (exact) mass is 430 g/mol. The molecule has 1 saturated heterocycles. The van der Waals surface area contributed by atoms with Crippen molar-refractivity contribution in [2.75, 3.05) is 43.1 Å². The van der Waals surface area contributed by atoms with Gasteiger partial charge in [-0.3, -0.25) is 0 Å². The summed E-state index contributed by atoms with van der Waals surface area (Å²) in [5, 5.41) is 8.41. The quantitative estimate of drug-likeness (QED) is 0.687. The van der Waals surface area contributed by atoms with Crippen molar-refractivity contribution in [2.24, 2.45) is 0 Å². The van der Waals surface area contributed by atoms with Gasteiger partial charge in [0, 0.05) is 32.4 Å². The number of carbonyl (C=O) groups excluding carboxylic acids is 1. The molecule has 12 heteroatoms. The van der Waals surface area contributed by atoms with Gasteiger partial charge in [-0.25, -0.2) is 14.8 Å². The molecule has 156 valence electrons. The highest BCUT2D eigenvalue weighted by molar-refractivity contribution is 6.30. The van der Waals surface area contributed by atoms with E-state index in [2.05, 4.69) is 24.9 Å². The minimum absolute atomic E-state index is 0.0975. The predicted octanol–water partition coefficient (Wildman–Crippen LogP) is 2.67. The van der Waals surface area contributed by atoms with E-state index in [-0.39, 0.29) is 5.95 Å². The number of rotatable bonds is 3. The summed E-state index contributed by atoms with van der Waals surface area (Å²) in [6.07, 6.45) is -3.96. The van der Waals surface area contributed by atoms with Crippen LogP contribution in [-0.4, -0.2) is 59.4 Å². The molecule has 1 aliphatic heterocycles. The molecule has 0 spiro atoms. The van der Waals surface area contributed by atoms with Gasteiger partial charge in [0.1, 0.15) is 5.56 Å². The fourth-order valence-electron chi connectivity index (χ4n) is 2.98. The van der Waals surface area contributed by atoms with Crippen LogP contribution in [0, 0.1) is 13.8 Å². The van der Waals surface area contributed by atoms with Crippen LogP contribution < -0.4 is 9.80 Å². The topological polar surface area (TPSA) is 84.3 Å². The maximum absolute atomic E-state index is 13.3. The Bertz CT molecular complexity index is 932. The van der Waals surface area contributed by atoms with Crippen molar-refractivity contribution in [3.05, 3.63) is 33.7 Å². The molecule has 3 heterocycles. The Labute approximate surface area is 169 Å². The van der Waals surface area contributed by atoms with Gasteiger partial charge in [-0.2, -0.15) is 13.2 Å². The normalized spacial score (nSPS) is 14.9. The lowest BCUT2D eigenvalue weighted by molar-refractivity contribution is -0.141. The Kier molecular flexibility index (Phi) is 5.78. The zero-order valence-electron chi connectivity index (χ0n) is 15.9. The molecule has 0 N–H and O–H groups in total. The minimum atomic E-state index is -4.81. The van der Waals surface area contributed by atoms with Crippen molar-refractivity contribution in [2.45, 2.75) is 20.0 Å². The zero-order valence-corrected chi connectivity index (χ0v) is 16.7. The van der Waals surface area contributed by atoms with Crippen LogP contribution in [0.1, 0.15) is 27.2 Å². The summed E-state index contributed by atoms with van der Waals surface area (Å²) in [7, 11) is 0.999. The molecule has 0 aliphatic carbocycles. The summed E-state index contributed by atoms with van der Waals surface area (Å²) in [6, 6.07) is 0. The Morgan fingerprint density at radius 1 is 1.10 bits per heavy atom. The first-order valence-corrected chi connectivity index (χ1v) is 9.03. The standard InChI is InChI=1S/C17H18ClF3N6O2/c1-9-10(2)14(25-24-13(9)18)26-4-6-27(7-5-26)16-22-8-11(15(28)29-3)12(23-16)17(19,20)21/h8H,4-7H2,1-3H3. The van der Waals surface area contributed by atoms with Crippen LogP contribution in [0.3, 0.4) is 0 Å². The molecule has 0 aromatic carbocycles. The number of aromatic nitrogens is 4. The number of hydrogen-bond donors (Lipinski definition) is 0. The molecular formula is C17H18ClF3N6O2. The summed E-state index contributed by atoms with van der Waals surface area (Å²) in [5.74, 6) is -0.551. The van der Waals surface area contributed by atoms with E-state index < -0.39 is 23.4 Å². The molecule has 0 atom stereocenters. The number of carbonyl (C=O) groups is 1. The van der Waals surface area contributed by atoms with Crippen LogP contribution in [0.5, 0.6) is 0 Å². The van der Waals surface area contributed by atoms with Crippen LogP contribution in [0.2, 0.25) is 5.15 Å². The highest BCUT2D eigenvalue weighted by Gasteiger charge is 2.39. The van der Waals surface area contributed by atoms with Crippen molar-refractivity contribution in [1.29, 1.82) is 0 Å². The van der Waals surface area contributed by atoms with Crippen molar-refractivity contribution in [1.82, 2.24) is 20.2 Å². The minimum Gasteiger partial charge on any atom is -0.465 e. The Morgan fingerprint density at radius 3 is 2.31 bits per heavy atom. The van der Waals surface area contributed by atoms with E-state index in [1.54, 1.807) is 4.90 Å². The molecule has 0 saturated carbocycles. The first-order valence-electron chi connectivity index (χ1n) is 8.65. The smallest absolute Gasteiger partial charge is 0.434 e. The third-order valence-electron chi connectivity index (χ3n) is 4.75. The average Bonchev–Trinajstić information content (AvgIpc) is 2.71. The molecular weight excluding hydrogens is 413 g/mol. The van der Waals surface area contributed by atoms with Crippen molar-refractivity contribution >= 4 is 29.3 Å². The van der Waals surface area contributed by atoms with Crippen molar-refractivity contribution < 1.29 is 22.7 Å². The molecule has 0 radical (unpaired) electrons. The molecule has 0 unspecified atom stereocenters. The molecule has 29 heavy (non-hydrogen) atoms. The van der Waals surface area contributed by atoms with Gasteiger partial charge in [0.05, 0.1) is 7.11 Å². The number of piperazine rings is 1. The summed E-state index contributed by atoms with van der Waals surface area (Å²) in [6.45, 7) is 5.46. The van der Waals surface area contributed by atoms with Crippen LogP contribution in [0.4, 0.5) is 24.9 Å². The van der Waals surface area contributed by atoms with Gasteiger partial charge in [0.15, 0.2) is 16.7 Å². The lowest BCUT2D eigenvalue weighted by Crippen LogP contribution is -2.48. The molecule has 2 aromatic heterocycles. The van der Waals surface area contributed by atoms with E-state index >= 15 is 0 Å². The van der Waals surface area contributed by atoms with Gasteiger partial charge in [0.25, 0.3) is 0 Å². The first-order chi connectivity index (χ1) is 13.6. The van der Waals surface area contributed by atoms with Crippen molar-refractivity contribution in [3.63, 3.8) is 0 Å². The number of anilines is 2. The van der Waals surface area contributed by atoms with Crippen LogP contribution in [0.25, 0.3) is 0 Å². The summed E-state index contributed by atoms with van der Waals surface area (Å²) in [5.41, 5.74) is -0.302. The van der Waals surface area contributed by atoms with Gasteiger partial charge >= 0.3 is 12.1 Å². The van der Waals surface area contributed by atoms with Crippen LogP contribution in [0.15, 0.2) is 6.20 Å². The Morgan fingerprint density at radius 2 is 1.72 bits per heavy atom. The molecule has 8 nitrogen and oxygen atoms in total. The highest BCUT2D eigenvalue weighted by Crippen LogP contribution is 2.32. The van der Waals surface area contributed by atoms with Gasteiger partial charge in [0.2, 0.25) is 5.95 Å². The van der Waals surface area contributed by atoms with Gasteiger partial charge in [-0.05, 0) is 25.0 Å². The van der Waals surface area contributed by atoms with Crippen LogP contribution in [-0.2, 0) is 10.9 Å². The summed E-state index contributed by atoms with van der Waals surface area (Å²) < 4.78 is 44.4. The molecule has 3 rings (SSSR count). The largest absolute Gasteiger partial charge is 0.465 e.